The largest absolute Gasteiger partial charge is 0.310 e. The number of hydrogen-bond donors (Lipinski definition) is 0. The zero-order valence-corrected chi connectivity index (χ0v) is 48.9. The zero-order chi connectivity index (χ0) is 58.6. The molecule has 0 heterocycles. The van der Waals surface area contributed by atoms with E-state index in [1.165, 1.54) is 138 Å². The van der Waals surface area contributed by atoms with Crippen LogP contribution >= 0.6 is 0 Å². The lowest BCUT2D eigenvalue weighted by atomic mass is 9.67. The van der Waals surface area contributed by atoms with E-state index < -0.39 is 10.8 Å². The van der Waals surface area contributed by atoms with Crippen LogP contribution < -0.4 is 4.90 Å². The van der Waals surface area contributed by atoms with Crippen LogP contribution in [0.2, 0.25) is 0 Å². The van der Waals surface area contributed by atoms with Gasteiger partial charge < -0.3 is 4.90 Å². The molecule has 0 amide bonds. The zero-order valence-electron chi connectivity index (χ0n) is 48.9. The van der Waals surface area contributed by atoms with Crippen LogP contribution in [0.15, 0.2) is 346 Å². The first-order valence-corrected chi connectivity index (χ1v) is 31.1. The molecule has 0 unspecified atom stereocenters. The predicted molar refractivity (Wildman–Crippen MR) is 371 cm³/mol. The maximum absolute atomic E-state index is 2.50. The fourth-order valence-electron chi connectivity index (χ4n) is 16.1. The van der Waals surface area contributed by atoms with E-state index in [2.05, 4.69) is 351 Å². The maximum atomic E-state index is 2.50. The van der Waals surface area contributed by atoms with Gasteiger partial charge in [-0.2, -0.15) is 0 Å². The van der Waals surface area contributed by atoms with Crippen LogP contribution in [0.5, 0.6) is 0 Å². The second-order valence-corrected chi connectivity index (χ2v) is 24.1. The summed E-state index contributed by atoms with van der Waals surface area (Å²) < 4.78 is 0. The van der Waals surface area contributed by atoms with Crippen molar-refractivity contribution in [2.45, 2.75) is 10.8 Å². The number of anilines is 3. The Hall–Kier alpha value is -11.4. The van der Waals surface area contributed by atoms with Crippen LogP contribution in [0.1, 0.15) is 44.5 Å². The van der Waals surface area contributed by atoms with Crippen molar-refractivity contribution in [3.05, 3.63) is 390 Å². The van der Waals surface area contributed by atoms with Crippen LogP contribution in [0.4, 0.5) is 17.1 Å². The Labute approximate surface area is 519 Å². The molecule has 3 aliphatic carbocycles. The molecule has 1 nitrogen and oxygen atoms in total. The minimum absolute atomic E-state index is 0.477. The Morgan fingerprint density at radius 1 is 0.191 bits per heavy atom. The summed E-state index contributed by atoms with van der Waals surface area (Å²) in [6, 6.07) is 129. The van der Waals surface area contributed by atoms with Crippen molar-refractivity contribution in [1.29, 1.82) is 0 Å². The number of fused-ring (bicyclic) bond motifs is 16. The molecule has 0 radical (unpaired) electrons. The summed E-state index contributed by atoms with van der Waals surface area (Å²) in [6.45, 7) is 0. The average molecular weight is 1130 g/mol. The number of nitrogens with zero attached hydrogens (tertiary/aromatic N) is 1. The fraction of sp³-hybridized carbons (Fsp3) is 0.0227. The van der Waals surface area contributed by atoms with Crippen molar-refractivity contribution in [2.75, 3.05) is 4.90 Å². The summed E-state index contributed by atoms with van der Waals surface area (Å²) in [5, 5.41) is 4.93. The maximum Gasteiger partial charge on any atom is 0.0726 e. The molecule has 0 N–H and O–H groups in total. The number of rotatable bonds is 9. The third kappa shape index (κ3) is 7.49. The molecule has 15 aromatic rings. The summed E-state index contributed by atoms with van der Waals surface area (Å²) in [5.74, 6) is 0. The molecule has 414 valence electrons. The lowest BCUT2D eigenvalue weighted by molar-refractivity contribution is 0.768. The highest BCUT2D eigenvalue weighted by molar-refractivity contribution is 6.16. The topological polar surface area (TPSA) is 3.24 Å². The molecular weight excluding hydrogens is 1070 g/mol. The SMILES string of the molecule is c1ccc(-c2ccc(N(c3cccc(-c4ccccc4-c4ccc5c(c4)cc(-c4cccc6c4-c4ccccc4C6(c4ccccc4)c4ccccc4)c4ccccc45)c3)c3ccc4c(c3)C3(c5ccccc5-c5ccccc53)c3ccccc3-4)cc2)cc1. The van der Waals surface area contributed by atoms with Gasteiger partial charge in [-0.15, -0.1) is 0 Å². The minimum Gasteiger partial charge on any atom is -0.310 e. The number of benzene rings is 15. The van der Waals surface area contributed by atoms with Gasteiger partial charge in [0.2, 0.25) is 0 Å². The molecule has 89 heavy (non-hydrogen) atoms. The Morgan fingerprint density at radius 2 is 0.618 bits per heavy atom. The third-order valence-electron chi connectivity index (χ3n) is 19.8. The van der Waals surface area contributed by atoms with E-state index in [0.717, 1.165) is 22.6 Å². The molecule has 0 saturated heterocycles. The van der Waals surface area contributed by atoms with Gasteiger partial charge in [0, 0.05) is 17.1 Å². The first-order chi connectivity index (χ1) is 44.2. The molecule has 15 aromatic carbocycles. The van der Waals surface area contributed by atoms with E-state index in [1.54, 1.807) is 0 Å². The smallest absolute Gasteiger partial charge is 0.0726 e. The highest BCUT2D eigenvalue weighted by Crippen LogP contribution is 2.64. The summed E-state index contributed by atoms with van der Waals surface area (Å²) in [4.78, 5) is 2.47. The highest BCUT2D eigenvalue weighted by Gasteiger charge is 2.52. The van der Waals surface area contributed by atoms with Gasteiger partial charge in [-0.05, 0) is 192 Å². The van der Waals surface area contributed by atoms with Gasteiger partial charge in [-0.3, -0.25) is 0 Å². The predicted octanol–water partition coefficient (Wildman–Crippen LogP) is 22.8. The van der Waals surface area contributed by atoms with Crippen molar-refractivity contribution in [2.24, 2.45) is 0 Å². The van der Waals surface area contributed by atoms with Crippen LogP contribution in [-0.4, -0.2) is 0 Å². The van der Waals surface area contributed by atoms with Gasteiger partial charge in [0.05, 0.1) is 10.8 Å². The first-order valence-electron chi connectivity index (χ1n) is 31.1. The molecule has 0 bridgehead atoms. The minimum atomic E-state index is -0.499. The van der Waals surface area contributed by atoms with E-state index in [0.29, 0.717) is 0 Å². The Balaban J connectivity index is 0.791. The van der Waals surface area contributed by atoms with Gasteiger partial charge in [-0.1, -0.05) is 297 Å². The third-order valence-corrected chi connectivity index (χ3v) is 19.8. The normalized spacial score (nSPS) is 13.3. The van der Waals surface area contributed by atoms with Crippen molar-refractivity contribution >= 4 is 38.6 Å². The van der Waals surface area contributed by atoms with Crippen LogP contribution in [0, 0.1) is 0 Å². The van der Waals surface area contributed by atoms with Crippen LogP contribution in [0.25, 0.3) is 99.4 Å². The van der Waals surface area contributed by atoms with Gasteiger partial charge in [0.15, 0.2) is 0 Å². The van der Waals surface area contributed by atoms with E-state index in [-0.39, 0.29) is 0 Å². The molecule has 0 fully saturated rings. The van der Waals surface area contributed by atoms with E-state index >= 15 is 0 Å². The standard InChI is InChI=1S/C88H57N/c1-4-24-58(25-5-1)59-46-49-65(50-47-59)89(67-51-53-76-75-38-16-20-43-82(75)88(85(76)57-67)80-41-18-14-36-73(80)74-37-15-19-42-81(74)88)66-31-22-26-60(55-66)68-32-10-11-33-69(68)61-48-52-70-62(54-61)56-79(72-35-13-12-34-71(70)72)77-40-23-45-84-86(77)78-39-17-21-44-83(78)87(84,63-27-6-2-7-28-63)64-29-8-3-9-30-64/h1-57H. The molecule has 18 rings (SSSR count). The fourth-order valence-corrected chi connectivity index (χ4v) is 16.1. The van der Waals surface area contributed by atoms with Crippen molar-refractivity contribution in [1.82, 2.24) is 0 Å². The van der Waals surface area contributed by atoms with Gasteiger partial charge >= 0.3 is 0 Å². The van der Waals surface area contributed by atoms with Gasteiger partial charge in [-0.25, -0.2) is 0 Å². The molecular formula is C88H57N. The van der Waals surface area contributed by atoms with E-state index in [4.69, 9.17) is 0 Å². The second kappa shape index (κ2) is 20.1. The molecule has 1 spiro atoms. The second-order valence-electron chi connectivity index (χ2n) is 24.1. The number of hydrogen-bond acceptors (Lipinski definition) is 1. The first kappa shape index (κ1) is 50.9. The molecule has 0 aliphatic heterocycles. The monoisotopic (exact) mass is 1130 g/mol. The Bertz CT molecular complexity index is 5210. The quantitative estimate of drug-likeness (QED) is 0.130. The molecule has 1 heteroatoms. The van der Waals surface area contributed by atoms with Gasteiger partial charge in [0.1, 0.15) is 0 Å². The van der Waals surface area contributed by atoms with Crippen molar-refractivity contribution in [3.8, 4) is 77.9 Å². The summed E-state index contributed by atoms with van der Waals surface area (Å²) in [5.41, 5.74) is 30.0. The molecule has 3 aliphatic rings. The lowest BCUT2D eigenvalue weighted by Crippen LogP contribution is -2.28. The van der Waals surface area contributed by atoms with Crippen molar-refractivity contribution in [3.63, 3.8) is 0 Å². The molecule has 0 atom stereocenters. The summed E-state index contributed by atoms with van der Waals surface area (Å²) >= 11 is 0. The molecule has 0 aromatic heterocycles. The van der Waals surface area contributed by atoms with E-state index in [9.17, 15) is 0 Å². The Morgan fingerprint density at radius 3 is 1.25 bits per heavy atom. The van der Waals surface area contributed by atoms with Crippen molar-refractivity contribution < 1.29 is 0 Å². The molecule has 0 saturated carbocycles. The summed E-state index contributed by atoms with van der Waals surface area (Å²) in [7, 11) is 0. The highest BCUT2D eigenvalue weighted by atomic mass is 15.1. The van der Waals surface area contributed by atoms with Crippen LogP contribution in [0.3, 0.4) is 0 Å². The lowest BCUT2D eigenvalue weighted by Gasteiger charge is -2.34. The van der Waals surface area contributed by atoms with Crippen LogP contribution in [-0.2, 0) is 10.8 Å². The van der Waals surface area contributed by atoms with Gasteiger partial charge in [0.25, 0.3) is 0 Å². The summed E-state index contributed by atoms with van der Waals surface area (Å²) in [6.07, 6.45) is 0. The van der Waals surface area contributed by atoms with E-state index in [1.807, 2.05) is 0 Å². The Kier molecular flexibility index (Phi) is 11.5. The average Bonchev–Trinajstić information content (AvgIpc) is 1.53.